The topological polar surface area (TPSA) is 30.5 Å². The summed E-state index contributed by atoms with van der Waals surface area (Å²) in [4.78, 5) is 0. The molecule has 0 aliphatic heterocycles. The average Bonchev–Trinajstić information content (AvgIpc) is 3.15. The Labute approximate surface area is 169 Å². The van der Waals surface area contributed by atoms with Crippen molar-refractivity contribution in [3.8, 4) is 11.5 Å². The van der Waals surface area contributed by atoms with E-state index in [1.54, 1.807) is 0 Å². The summed E-state index contributed by atoms with van der Waals surface area (Å²) in [6.07, 6.45) is 5.21. The molecule has 0 saturated heterocycles. The molecule has 0 unspecified atom stereocenters. The van der Waals surface area contributed by atoms with Gasteiger partial charge in [0.05, 0.1) is 6.61 Å². The lowest BCUT2D eigenvalue weighted by Crippen LogP contribution is -2.25. The fourth-order valence-corrected chi connectivity index (χ4v) is 3.90. The van der Waals surface area contributed by atoms with E-state index >= 15 is 0 Å². The first-order valence-corrected chi connectivity index (χ1v) is 10.4. The molecule has 5 heteroatoms. The van der Waals surface area contributed by atoms with Gasteiger partial charge < -0.3 is 14.8 Å². The van der Waals surface area contributed by atoms with Crippen molar-refractivity contribution in [2.75, 3.05) is 6.61 Å². The fraction of sp³-hybridized carbons (Fsp3) is 0.429. The highest BCUT2D eigenvalue weighted by molar-refractivity contribution is 9.10. The summed E-state index contributed by atoms with van der Waals surface area (Å²) >= 11 is 9.90. The highest BCUT2D eigenvalue weighted by Crippen LogP contribution is 2.35. The van der Waals surface area contributed by atoms with Crippen molar-refractivity contribution in [3.05, 3.63) is 57.0 Å². The summed E-state index contributed by atoms with van der Waals surface area (Å²) in [7, 11) is 0. The van der Waals surface area contributed by atoms with Crippen LogP contribution in [-0.2, 0) is 13.2 Å². The summed E-state index contributed by atoms with van der Waals surface area (Å²) in [5.74, 6) is 1.49. The minimum absolute atomic E-state index is 0.409. The molecule has 0 bridgehead atoms. The van der Waals surface area contributed by atoms with Crippen molar-refractivity contribution in [2.45, 2.75) is 51.8 Å². The lowest BCUT2D eigenvalue weighted by molar-refractivity contribution is 0.269. The molecule has 3 nitrogen and oxygen atoms in total. The zero-order valence-electron chi connectivity index (χ0n) is 15.1. The number of hydrogen-bond donors (Lipinski definition) is 1. The SMILES string of the molecule is CCOc1cc(CNC2CCCC2)c(Br)cc1OCc1ccccc1Cl. The van der Waals surface area contributed by atoms with E-state index in [1.165, 1.54) is 31.2 Å². The molecule has 26 heavy (non-hydrogen) atoms. The first kappa shape index (κ1) is 19.5. The van der Waals surface area contributed by atoms with Crippen LogP contribution in [0.15, 0.2) is 40.9 Å². The molecular formula is C21H25BrClNO2. The molecule has 1 N–H and O–H groups in total. The maximum atomic E-state index is 6.22. The molecule has 0 aromatic heterocycles. The molecule has 1 saturated carbocycles. The molecule has 0 amide bonds. The van der Waals surface area contributed by atoms with Crippen LogP contribution in [0.25, 0.3) is 0 Å². The molecule has 0 atom stereocenters. The van der Waals surface area contributed by atoms with E-state index in [0.717, 1.165) is 28.1 Å². The number of benzene rings is 2. The van der Waals surface area contributed by atoms with E-state index in [9.17, 15) is 0 Å². The minimum atomic E-state index is 0.409. The minimum Gasteiger partial charge on any atom is -0.490 e. The van der Waals surface area contributed by atoms with Gasteiger partial charge in [-0.3, -0.25) is 0 Å². The second kappa shape index (κ2) is 9.63. The predicted molar refractivity (Wildman–Crippen MR) is 110 cm³/mol. The van der Waals surface area contributed by atoms with Crippen LogP contribution in [0.4, 0.5) is 0 Å². The summed E-state index contributed by atoms with van der Waals surface area (Å²) in [5.41, 5.74) is 2.14. The van der Waals surface area contributed by atoms with Gasteiger partial charge in [0.25, 0.3) is 0 Å². The maximum absolute atomic E-state index is 6.22. The van der Waals surface area contributed by atoms with Gasteiger partial charge in [0.2, 0.25) is 0 Å². The van der Waals surface area contributed by atoms with Crippen molar-refractivity contribution in [1.29, 1.82) is 0 Å². The van der Waals surface area contributed by atoms with Gasteiger partial charge in [-0.15, -0.1) is 0 Å². The lowest BCUT2D eigenvalue weighted by atomic mass is 10.1. The third kappa shape index (κ3) is 5.15. The highest BCUT2D eigenvalue weighted by Gasteiger charge is 2.16. The molecule has 2 aromatic rings. The normalized spacial score (nSPS) is 14.6. The van der Waals surface area contributed by atoms with Gasteiger partial charge in [0, 0.05) is 27.6 Å². The summed E-state index contributed by atoms with van der Waals surface area (Å²) in [5, 5.41) is 4.36. The van der Waals surface area contributed by atoms with E-state index in [2.05, 4.69) is 27.3 Å². The molecule has 2 aromatic carbocycles. The molecule has 1 fully saturated rings. The largest absolute Gasteiger partial charge is 0.490 e. The number of hydrogen-bond acceptors (Lipinski definition) is 3. The Morgan fingerprint density at radius 2 is 1.81 bits per heavy atom. The van der Waals surface area contributed by atoms with Crippen molar-refractivity contribution >= 4 is 27.5 Å². The maximum Gasteiger partial charge on any atom is 0.162 e. The summed E-state index contributed by atoms with van der Waals surface area (Å²) in [6.45, 7) is 3.82. The molecule has 0 radical (unpaired) electrons. The predicted octanol–water partition coefficient (Wildman–Crippen LogP) is 6.11. The van der Waals surface area contributed by atoms with Crippen LogP contribution >= 0.6 is 27.5 Å². The standard InChI is InChI=1S/C21H25BrClNO2/c1-2-25-20-11-16(13-24-17-8-4-5-9-17)18(22)12-21(20)26-14-15-7-3-6-10-19(15)23/h3,6-7,10-12,17,24H,2,4-5,8-9,13-14H2,1H3. The zero-order valence-corrected chi connectivity index (χ0v) is 17.4. The van der Waals surface area contributed by atoms with Crippen molar-refractivity contribution in [2.24, 2.45) is 0 Å². The molecular weight excluding hydrogens is 414 g/mol. The first-order chi connectivity index (χ1) is 12.7. The fourth-order valence-electron chi connectivity index (χ4n) is 3.25. The Bertz CT molecular complexity index is 732. The van der Waals surface area contributed by atoms with E-state index < -0.39 is 0 Å². The van der Waals surface area contributed by atoms with Crippen LogP contribution in [0.1, 0.15) is 43.7 Å². The zero-order chi connectivity index (χ0) is 18.4. The van der Waals surface area contributed by atoms with Crippen LogP contribution in [0.2, 0.25) is 5.02 Å². The van der Waals surface area contributed by atoms with E-state index in [-0.39, 0.29) is 0 Å². The third-order valence-corrected chi connectivity index (χ3v) is 5.80. The van der Waals surface area contributed by atoms with Gasteiger partial charge >= 0.3 is 0 Å². The second-order valence-corrected chi connectivity index (χ2v) is 7.83. The molecule has 0 heterocycles. The van der Waals surface area contributed by atoms with Gasteiger partial charge in [-0.05, 0) is 43.5 Å². The third-order valence-electron chi connectivity index (χ3n) is 4.69. The average molecular weight is 439 g/mol. The second-order valence-electron chi connectivity index (χ2n) is 6.57. The first-order valence-electron chi connectivity index (χ1n) is 9.22. The van der Waals surface area contributed by atoms with E-state index in [0.29, 0.717) is 24.3 Å². The Hall–Kier alpha value is -1.23. The molecule has 1 aliphatic rings. The smallest absolute Gasteiger partial charge is 0.162 e. The molecule has 140 valence electrons. The van der Waals surface area contributed by atoms with Crippen molar-refractivity contribution in [3.63, 3.8) is 0 Å². The van der Waals surface area contributed by atoms with Crippen molar-refractivity contribution < 1.29 is 9.47 Å². The van der Waals surface area contributed by atoms with Crippen LogP contribution < -0.4 is 14.8 Å². The van der Waals surface area contributed by atoms with Gasteiger partial charge in [-0.25, -0.2) is 0 Å². The number of rotatable bonds is 8. The number of nitrogens with one attached hydrogen (secondary N) is 1. The molecule has 1 aliphatic carbocycles. The Balaban J connectivity index is 1.72. The Morgan fingerprint density at radius 3 is 2.54 bits per heavy atom. The Kier molecular flexibility index (Phi) is 7.23. The van der Waals surface area contributed by atoms with Gasteiger partial charge in [0.1, 0.15) is 6.61 Å². The monoisotopic (exact) mass is 437 g/mol. The van der Waals surface area contributed by atoms with Gasteiger partial charge in [-0.1, -0.05) is 58.6 Å². The number of ether oxygens (including phenoxy) is 2. The summed E-state index contributed by atoms with van der Waals surface area (Å²) < 4.78 is 12.9. The quantitative estimate of drug-likeness (QED) is 0.539. The van der Waals surface area contributed by atoms with E-state index in [4.69, 9.17) is 21.1 Å². The van der Waals surface area contributed by atoms with Gasteiger partial charge in [-0.2, -0.15) is 0 Å². The van der Waals surface area contributed by atoms with Crippen LogP contribution in [0.3, 0.4) is 0 Å². The van der Waals surface area contributed by atoms with Crippen LogP contribution in [0, 0.1) is 0 Å². The highest BCUT2D eigenvalue weighted by atomic mass is 79.9. The number of halogens is 2. The van der Waals surface area contributed by atoms with Gasteiger partial charge in [0.15, 0.2) is 11.5 Å². The van der Waals surface area contributed by atoms with Crippen molar-refractivity contribution in [1.82, 2.24) is 5.32 Å². The lowest BCUT2D eigenvalue weighted by Gasteiger charge is -2.17. The van der Waals surface area contributed by atoms with Crippen LogP contribution in [-0.4, -0.2) is 12.6 Å². The Morgan fingerprint density at radius 1 is 1.08 bits per heavy atom. The molecule has 0 spiro atoms. The van der Waals surface area contributed by atoms with Crippen LogP contribution in [0.5, 0.6) is 11.5 Å². The molecule has 3 rings (SSSR count). The van der Waals surface area contributed by atoms with E-state index in [1.807, 2.05) is 37.3 Å². The summed E-state index contributed by atoms with van der Waals surface area (Å²) in [6, 6.07) is 12.4.